The SMILES string of the molecule is CCOC(=O)/C=C1\SCC(=O)N1CC(=O)NCCc1ccc(OC)c(OC)c1. The number of esters is 1. The minimum Gasteiger partial charge on any atom is -0.493 e. The lowest BCUT2D eigenvalue weighted by Crippen LogP contribution is -2.38. The van der Waals surface area contributed by atoms with E-state index >= 15 is 0 Å². The number of ether oxygens (including phenoxy) is 3. The quantitative estimate of drug-likeness (QED) is 0.487. The Labute approximate surface area is 168 Å². The molecule has 0 aromatic heterocycles. The zero-order chi connectivity index (χ0) is 20.5. The standard InChI is InChI=1S/C19H24N2O6S/c1-4-27-19(24)10-18-21(17(23)12-28-18)11-16(22)20-8-7-13-5-6-14(25-2)15(9-13)26-3/h5-6,9-10H,4,7-8,11-12H2,1-3H3,(H,20,22)/b18-10-. The molecule has 0 radical (unpaired) electrons. The van der Waals surface area contributed by atoms with Crippen molar-refractivity contribution in [2.45, 2.75) is 13.3 Å². The van der Waals surface area contributed by atoms with E-state index in [1.54, 1.807) is 21.1 Å². The van der Waals surface area contributed by atoms with Gasteiger partial charge in [0.25, 0.3) is 0 Å². The van der Waals surface area contributed by atoms with E-state index in [1.165, 1.54) is 22.7 Å². The highest BCUT2D eigenvalue weighted by atomic mass is 32.2. The lowest BCUT2D eigenvalue weighted by Gasteiger charge is -2.16. The summed E-state index contributed by atoms with van der Waals surface area (Å²) in [5.41, 5.74) is 0.980. The molecular formula is C19H24N2O6S. The van der Waals surface area contributed by atoms with Gasteiger partial charge in [-0.3, -0.25) is 14.5 Å². The average Bonchev–Trinajstić information content (AvgIpc) is 3.01. The van der Waals surface area contributed by atoms with Crippen LogP contribution in [0, 0.1) is 0 Å². The summed E-state index contributed by atoms with van der Waals surface area (Å²) < 4.78 is 15.3. The molecule has 1 N–H and O–H groups in total. The summed E-state index contributed by atoms with van der Waals surface area (Å²) in [6.45, 7) is 2.22. The molecule has 1 fully saturated rings. The van der Waals surface area contributed by atoms with Crippen molar-refractivity contribution < 1.29 is 28.6 Å². The van der Waals surface area contributed by atoms with Crippen LogP contribution in [0.4, 0.5) is 0 Å². The first-order chi connectivity index (χ1) is 13.5. The summed E-state index contributed by atoms with van der Waals surface area (Å²) in [7, 11) is 3.14. The molecule has 0 spiro atoms. The molecule has 9 heteroatoms. The van der Waals surface area contributed by atoms with Gasteiger partial charge >= 0.3 is 5.97 Å². The number of nitrogens with one attached hydrogen (secondary N) is 1. The van der Waals surface area contributed by atoms with Crippen molar-refractivity contribution in [1.29, 1.82) is 0 Å². The van der Waals surface area contributed by atoms with Gasteiger partial charge in [0.2, 0.25) is 11.8 Å². The second kappa shape index (κ2) is 10.6. The number of rotatable bonds is 9. The van der Waals surface area contributed by atoms with Gasteiger partial charge in [-0.15, -0.1) is 0 Å². The third-order valence-electron chi connectivity index (χ3n) is 3.92. The zero-order valence-electron chi connectivity index (χ0n) is 16.1. The van der Waals surface area contributed by atoms with E-state index in [4.69, 9.17) is 14.2 Å². The molecule has 2 amide bonds. The molecule has 152 valence electrons. The lowest BCUT2D eigenvalue weighted by molar-refractivity contribution is -0.137. The van der Waals surface area contributed by atoms with Crippen LogP contribution in [0.5, 0.6) is 11.5 Å². The van der Waals surface area contributed by atoms with Crippen molar-refractivity contribution in [1.82, 2.24) is 10.2 Å². The number of benzene rings is 1. The Balaban J connectivity index is 1.87. The average molecular weight is 408 g/mol. The molecule has 0 bridgehead atoms. The first kappa shape index (κ1) is 21.6. The van der Waals surface area contributed by atoms with Crippen molar-refractivity contribution in [3.8, 4) is 11.5 Å². The van der Waals surface area contributed by atoms with Gasteiger partial charge in [0.15, 0.2) is 11.5 Å². The van der Waals surface area contributed by atoms with Gasteiger partial charge in [0, 0.05) is 6.54 Å². The lowest BCUT2D eigenvalue weighted by atomic mass is 10.1. The maximum absolute atomic E-state index is 12.2. The molecule has 2 rings (SSSR count). The summed E-state index contributed by atoms with van der Waals surface area (Å²) in [6.07, 6.45) is 1.84. The third-order valence-corrected chi connectivity index (χ3v) is 4.95. The molecular weight excluding hydrogens is 384 g/mol. The fourth-order valence-electron chi connectivity index (χ4n) is 2.57. The van der Waals surface area contributed by atoms with Crippen molar-refractivity contribution in [3.05, 3.63) is 34.9 Å². The Kier molecular flexibility index (Phi) is 8.19. The van der Waals surface area contributed by atoms with Gasteiger partial charge in [0.1, 0.15) is 6.54 Å². The van der Waals surface area contributed by atoms with Crippen LogP contribution in [0.25, 0.3) is 0 Å². The smallest absolute Gasteiger partial charge is 0.333 e. The van der Waals surface area contributed by atoms with E-state index in [1.807, 2.05) is 18.2 Å². The van der Waals surface area contributed by atoms with Gasteiger partial charge in [-0.25, -0.2) is 4.79 Å². The fraction of sp³-hybridized carbons (Fsp3) is 0.421. The number of thioether (sulfide) groups is 1. The predicted molar refractivity (Wildman–Crippen MR) is 105 cm³/mol. The van der Waals surface area contributed by atoms with Crippen LogP contribution in [-0.2, 0) is 25.5 Å². The van der Waals surface area contributed by atoms with Crippen LogP contribution >= 0.6 is 11.8 Å². The van der Waals surface area contributed by atoms with Gasteiger partial charge in [-0.2, -0.15) is 0 Å². The first-order valence-corrected chi connectivity index (χ1v) is 9.76. The van der Waals surface area contributed by atoms with E-state index in [0.717, 1.165) is 5.56 Å². The molecule has 1 aromatic rings. The maximum atomic E-state index is 12.2. The fourth-order valence-corrected chi connectivity index (χ4v) is 3.50. The monoisotopic (exact) mass is 408 g/mol. The van der Waals surface area contributed by atoms with Crippen LogP contribution in [-0.4, -0.2) is 62.4 Å². The first-order valence-electron chi connectivity index (χ1n) is 8.77. The van der Waals surface area contributed by atoms with Crippen LogP contribution in [0.3, 0.4) is 0 Å². The summed E-state index contributed by atoms with van der Waals surface area (Å²) in [4.78, 5) is 37.1. The Morgan fingerprint density at radius 1 is 1.25 bits per heavy atom. The Bertz CT molecular complexity index is 765. The molecule has 0 unspecified atom stereocenters. The molecule has 0 aliphatic carbocycles. The van der Waals surface area contributed by atoms with Crippen molar-refractivity contribution in [3.63, 3.8) is 0 Å². The van der Waals surface area contributed by atoms with E-state index in [9.17, 15) is 14.4 Å². The Morgan fingerprint density at radius 3 is 2.68 bits per heavy atom. The predicted octanol–water partition coefficient (Wildman–Crippen LogP) is 1.34. The molecule has 1 aliphatic heterocycles. The summed E-state index contributed by atoms with van der Waals surface area (Å²) >= 11 is 1.21. The summed E-state index contributed by atoms with van der Waals surface area (Å²) in [5.74, 6) is 0.422. The van der Waals surface area contributed by atoms with E-state index in [0.29, 0.717) is 29.5 Å². The normalized spacial score (nSPS) is 14.9. The highest BCUT2D eigenvalue weighted by Gasteiger charge is 2.29. The second-order valence-electron chi connectivity index (χ2n) is 5.79. The molecule has 8 nitrogen and oxygen atoms in total. The largest absolute Gasteiger partial charge is 0.493 e. The molecule has 1 heterocycles. The number of carbonyl (C=O) groups is 3. The number of amides is 2. The highest BCUT2D eigenvalue weighted by molar-refractivity contribution is 8.04. The minimum atomic E-state index is -0.529. The van der Waals surface area contributed by atoms with Crippen molar-refractivity contribution in [2.24, 2.45) is 0 Å². The number of hydrogen-bond acceptors (Lipinski definition) is 7. The zero-order valence-corrected chi connectivity index (χ0v) is 17.0. The van der Waals surface area contributed by atoms with E-state index < -0.39 is 5.97 Å². The van der Waals surface area contributed by atoms with Crippen LogP contribution < -0.4 is 14.8 Å². The summed E-state index contributed by atoms with van der Waals surface area (Å²) in [5, 5.41) is 3.22. The Hall–Kier alpha value is -2.68. The van der Waals surface area contributed by atoms with E-state index in [-0.39, 0.29) is 30.7 Å². The third kappa shape index (κ3) is 5.91. The molecule has 28 heavy (non-hydrogen) atoms. The van der Waals surface area contributed by atoms with Crippen molar-refractivity contribution >= 4 is 29.5 Å². The highest BCUT2D eigenvalue weighted by Crippen LogP contribution is 2.29. The number of nitrogens with zero attached hydrogens (tertiary/aromatic N) is 1. The summed E-state index contributed by atoms with van der Waals surface area (Å²) in [6, 6.07) is 5.56. The van der Waals surface area contributed by atoms with Gasteiger partial charge in [0.05, 0.1) is 37.7 Å². The second-order valence-corrected chi connectivity index (χ2v) is 6.79. The minimum absolute atomic E-state index is 0.136. The molecule has 1 aliphatic rings. The maximum Gasteiger partial charge on any atom is 0.333 e. The van der Waals surface area contributed by atoms with Crippen molar-refractivity contribution in [2.75, 3.05) is 39.7 Å². The van der Waals surface area contributed by atoms with Gasteiger partial charge < -0.3 is 19.5 Å². The topological polar surface area (TPSA) is 94.2 Å². The van der Waals surface area contributed by atoms with E-state index in [2.05, 4.69) is 5.32 Å². The van der Waals surface area contributed by atoms with Gasteiger partial charge in [-0.05, 0) is 31.0 Å². The molecule has 0 saturated carbocycles. The van der Waals surface area contributed by atoms with Crippen LogP contribution in [0.1, 0.15) is 12.5 Å². The van der Waals surface area contributed by atoms with Crippen LogP contribution in [0.15, 0.2) is 29.3 Å². The van der Waals surface area contributed by atoms with Crippen LogP contribution in [0.2, 0.25) is 0 Å². The molecule has 1 aromatic carbocycles. The molecule has 1 saturated heterocycles. The van der Waals surface area contributed by atoms with Gasteiger partial charge in [-0.1, -0.05) is 17.8 Å². The number of methoxy groups -OCH3 is 2. The number of hydrogen-bond donors (Lipinski definition) is 1. The number of carbonyl (C=O) groups excluding carboxylic acids is 3. The molecule has 0 atom stereocenters. The Morgan fingerprint density at radius 2 is 2.00 bits per heavy atom.